The van der Waals surface area contributed by atoms with Crippen LogP contribution >= 0.6 is 0 Å². The first-order valence-corrected chi connectivity index (χ1v) is 14.5. The van der Waals surface area contributed by atoms with Crippen LogP contribution in [0.2, 0.25) is 0 Å². The van der Waals surface area contributed by atoms with Crippen LogP contribution in [-0.2, 0) is 28.8 Å². The van der Waals surface area contributed by atoms with E-state index in [0.29, 0.717) is 32.2 Å². The molecule has 8 N–H and O–H groups in total. The van der Waals surface area contributed by atoms with Crippen LogP contribution in [-0.4, -0.2) is 98.9 Å². The zero-order valence-corrected chi connectivity index (χ0v) is 26.5. The fourth-order valence-electron chi connectivity index (χ4n) is 3.95. The molecule has 2 aliphatic rings. The fraction of sp³-hybridized carbons (Fsp3) is 0.636. The van der Waals surface area contributed by atoms with Gasteiger partial charge in [0.2, 0.25) is 23.6 Å². The number of nitrogens with two attached hydrogens (primary N) is 2. The zero-order chi connectivity index (χ0) is 34.4. The highest BCUT2D eigenvalue weighted by Crippen LogP contribution is 2.21. The van der Waals surface area contributed by atoms with Crippen LogP contribution in [0.15, 0.2) is 38.1 Å². The molecule has 2 saturated heterocycles. The highest BCUT2D eigenvalue weighted by molar-refractivity contribution is 5.87. The van der Waals surface area contributed by atoms with E-state index in [0.717, 1.165) is 25.5 Å². The van der Waals surface area contributed by atoms with Crippen molar-refractivity contribution in [2.45, 2.75) is 125 Å². The van der Waals surface area contributed by atoms with E-state index in [2.05, 4.69) is 30.4 Å². The minimum absolute atomic E-state index is 0. The average Bonchev–Trinajstić information content (AvgIpc) is 3.57. The third kappa shape index (κ3) is 25.8. The van der Waals surface area contributed by atoms with Gasteiger partial charge in [-0.2, -0.15) is 0 Å². The van der Waals surface area contributed by atoms with Gasteiger partial charge in [0, 0.05) is 50.1 Å². The van der Waals surface area contributed by atoms with Gasteiger partial charge in [0.05, 0.1) is 6.04 Å². The number of likely N-dealkylation sites (tertiary alicyclic amines) is 2. The molecule has 0 aliphatic carbocycles. The summed E-state index contributed by atoms with van der Waals surface area (Å²) in [7, 11) is 0. The third-order valence-corrected chi connectivity index (χ3v) is 6.09. The Morgan fingerprint density at radius 3 is 1.60 bits per heavy atom. The molecule has 274 valence electrons. The van der Waals surface area contributed by atoms with E-state index in [1.807, 2.05) is 27.7 Å². The lowest BCUT2D eigenvalue weighted by atomic mass is 9.98. The van der Waals surface area contributed by atoms with Gasteiger partial charge >= 0.3 is 11.9 Å². The summed E-state index contributed by atoms with van der Waals surface area (Å²) in [4.78, 5) is 68.4. The molecule has 4 amide bonds. The lowest BCUT2D eigenvalue weighted by Crippen LogP contribution is -2.48. The molecule has 0 aromatic rings. The Bertz CT molecular complexity index is 986. The summed E-state index contributed by atoms with van der Waals surface area (Å²) in [5.41, 5.74) is 11.5. The first-order chi connectivity index (χ1) is 20.5. The molecule has 2 rings (SSSR count). The SMILES string of the molecule is C.C.C.C=CC(=O)NC(C)C.C=CC(=O)O.C=CN1CCCC1=O.CC(C)NC(=O)C(N)CC(CCC(N)C(=O)O)N1CCCC1=O. The van der Waals surface area contributed by atoms with Gasteiger partial charge in [-0.1, -0.05) is 42.0 Å². The molecule has 0 bridgehead atoms. The topological polar surface area (TPSA) is 225 Å². The lowest BCUT2D eigenvalue weighted by molar-refractivity contribution is -0.139. The van der Waals surface area contributed by atoms with E-state index >= 15 is 0 Å². The molecule has 2 fully saturated rings. The molecular formula is C33H64N6O8. The largest absolute Gasteiger partial charge is 0.480 e. The van der Waals surface area contributed by atoms with Crippen molar-refractivity contribution in [2.75, 3.05) is 13.1 Å². The lowest BCUT2D eigenvalue weighted by Gasteiger charge is -2.30. The van der Waals surface area contributed by atoms with E-state index in [1.165, 1.54) is 6.08 Å². The van der Waals surface area contributed by atoms with E-state index in [-0.39, 0.29) is 70.5 Å². The van der Waals surface area contributed by atoms with Gasteiger partial charge in [0.1, 0.15) is 6.04 Å². The number of amides is 4. The van der Waals surface area contributed by atoms with Crippen LogP contribution < -0.4 is 22.1 Å². The number of hydrogen-bond donors (Lipinski definition) is 6. The normalized spacial score (nSPS) is 14.7. The van der Waals surface area contributed by atoms with Crippen molar-refractivity contribution >= 4 is 35.6 Å². The van der Waals surface area contributed by atoms with Crippen LogP contribution in [0, 0.1) is 0 Å². The van der Waals surface area contributed by atoms with Crippen molar-refractivity contribution in [2.24, 2.45) is 11.5 Å². The summed E-state index contributed by atoms with van der Waals surface area (Å²) in [6.45, 7) is 18.7. The molecule has 47 heavy (non-hydrogen) atoms. The standard InChI is InChI=1S/C15H28N4O4.C6H9NO.C6H11NO.C3H4O2.3CH4/c1-9(2)18-14(21)12(17)8-10(5-6-11(16)15(22)23)19-7-3-4-13(19)20;1-2-7-5-3-4-6(7)8;1-4-6(8)7-5(2)3;1-2-3(4)5;;;/h9-12H,3-8,16-17H2,1-2H3,(H,18,21)(H,22,23);2H,1,3-5H2;4-5H,1H2,2-3H3,(H,7,8);2H,1H2,(H,4,5);3*1H4. The molecule has 2 heterocycles. The minimum atomic E-state index is -1.07. The first kappa shape index (κ1) is 52.5. The Labute approximate surface area is 282 Å². The summed E-state index contributed by atoms with van der Waals surface area (Å²) in [5.74, 6) is -2.20. The molecule has 3 atom stereocenters. The van der Waals surface area contributed by atoms with Crippen molar-refractivity contribution in [3.05, 3.63) is 38.1 Å². The molecule has 14 nitrogen and oxygen atoms in total. The Kier molecular flexibility index (Phi) is 32.8. The molecule has 0 aromatic carbocycles. The quantitative estimate of drug-likeness (QED) is 0.157. The van der Waals surface area contributed by atoms with Crippen LogP contribution in [0.5, 0.6) is 0 Å². The number of nitrogens with zero attached hydrogens (tertiary/aromatic N) is 2. The number of rotatable bonds is 13. The smallest absolute Gasteiger partial charge is 0.327 e. The minimum Gasteiger partial charge on any atom is -0.480 e. The zero-order valence-electron chi connectivity index (χ0n) is 26.5. The maximum atomic E-state index is 12.0. The summed E-state index contributed by atoms with van der Waals surface area (Å²) >= 11 is 0. The highest BCUT2D eigenvalue weighted by Gasteiger charge is 2.31. The molecule has 0 radical (unpaired) electrons. The number of nitrogens with one attached hydrogen (secondary N) is 2. The van der Waals surface area contributed by atoms with Crippen molar-refractivity contribution in [3.63, 3.8) is 0 Å². The number of aliphatic carboxylic acids is 2. The Morgan fingerprint density at radius 1 is 0.809 bits per heavy atom. The van der Waals surface area contributed by atoms with Gasteiger partial charge in [-0.25, -0.2) is 4.79 Å². The van der Waals surface area contributed by atoms with Crippen molar-refractivity contribution in [3.8, 4) is 0 Å². The van der Waals surface area contributed by atoms with E-state index in [9.17, 15) is 28.8 Å². The number of carboxylic acid groups (broad SMARTS) is 2. The summed E-state index contributed by atoms with van der Waals surface area (Å²) in [6, 6.07) is -1.78. The van der Waals surface area contributed by atoms with Crippen LogP contribution in [0.4, 0.5) is 0 Å². The second-order valence-corrected chi connectivity index (χ2v) is 10.7. The van der Waals surface area contributed by atoms with Gasteiger partial charge in [-0.05, 0) is 72.1 Å². The van der Waals surface area contributed by atoms with Crippen molar-refractivity contribution in [1.29, 1.82) is 0 Å². The summed E-state index contributed by atoms with van der Waals surface area (Å²) < 4.78 is 0. The maximum absolute atomic E-state index is 12.0. The molecule has 14 heteroatoms. The molecule has 3 unspecified atom stereocenters. The molecule has 0 spiro atoms. The van der Waals surface area contributed by atoms with E-state index in [4.69, 9.17) is 21.7 Å². The monoisotopic (exact) mass is 672 g/mol. The third-order valence-electron chi connectivity index (χ3n) is 6.09. The molecular weight excluding hydrogens is 608 g/mol. The molecule has 0 saturated carbocycles. The van der Waals surface area contributed by atoms with Crippen molar-refractivity contribution in [1.82, 2.24) is 20.4 Å². The number of carboxylic acids is 2. The van der Waals surface area contributed by atoms with E-state index in [1.54, 1.807) is 16.0 Å². The molecule has 2 aliphatic heterocycles. The number of carbonyl (C=O) groups is 6. The van der Waals surface area contributed by atoms with Gasteiger partial charge in [0.25, 0.3) is 0 Å². The second-order valence-electron chi connectivity index (χ2n) is 10.7. The predicted molar refractivity (Wildman–Crippen MR) is 188 cm³/mol. The Balaban J connectivity index is -0.000000201. The van der Waals surface area contributed by atoms with Gasteiger partial charge in [-0.15, -0.1) is 0 Å². The predicted octanol–water partition coefficient (Wildman–Crippen LogP) is 3.03. The summed E-state index contributed by atoms with van der Waals surface area (Å²) in [6.07, 6.45) is 7.59. The Morgan fingerprint density at radius 2 is 1.30 bits per heavy atom. The Hall–Kier alpha value is -4.04. The van der Waals surface area contributed by atoms with E-state index < -0.39 is 24.0 Å². The number of carbonyl (C=O) groups excluding carboxylic acids is 4. The van der Waals surface area contributed by atoms with Gasteiger partial charge in [-0.3, -0.25) is 24.0 Å². The number of hydrogen-bond acceptors (Lipinski definition) is 8. The van der Waals surface area contributed by atoms with Gasteiger partial charge in [0.15, 0.2) is 0 Å². The average molecular weight is 673 g/mol. The highest BCUT2D eigenvalue weighted by atomic mass is 16.4. The van der Waals surface area contributed by atoms with Crippen LogP contribution in [0.25, 0.3) is 0 Å². The van der Waals surface area contributed by atoms with Crippen LogP contribution in [0.3, 0.4) is 0 Å². The van der Waals surface area contributed by atoms with Crippen molar-refractivity contribution < 1.29 is 39.0 Å². The van der Waals surface area contributed by atoms with Crippen LogP contribution in [0.1, 0.15) is 94.9 Å². The summed E-state index contributed by atoms with van der Waals surface area (Å²) in [5, 5.41) is 21.9. The first-order valence-electron chi connectivity index (χ1n) is 14.5. The second kappa shape index (κ2) is 29.4. The van der Waals surface area contributed by atoms with Gasteiger partial charge < -0.3 is 42.1 Å². The molecule has 0 aromatic heterocycles. The fourth-order valence-corrected chi connectivity index (χ4v) is 3.95. The maximum Gasteiger partial charge on any atom is 0.327 e.